The van der Waals surface area contributed by atoms with E-state index in [1.54, 1.807) is 0 Å². The molecule has 1 aromatic rings. The first-order chi connectivity index (χ1) is 10.2. The molecule has 0 N–H and O–H groups in total. The molecule has 112 valence electrons. The minimum Gasteiger partial charge on any atom is -0.339 e. The van der Waals surface area contributed by atoms with Crippen LogP contribution in [-0.4, -0.2) is 41.4 Å². The average molecular weight is 285 g/mol. The highest BCUT2D eigenvalue weighted by molar-refractivity contribution is 5.78. The molecule has 1 saturated heterocycles. The first kappa shape index (κ1) is 15.5. The van der Waals surface area contributed by atoms with Gasteiger partial charge in [0.2, 0.25) is 5.91 Å². The summed E-state index contributed by atoms with van der Waals surface area (Å²) in [6.07, 6.45) is 3.38. The molecule has 1 unspecified atom stereocenters. The van der Waals surface area contributed by atoms with Gasteiger partial charge in [0.1, 0.15) is 0 Å². The fourth-order valence-corrected chi connectivity index (χ4v) is 2.86. The van der Waals surface area contributed by atoms with Gasteiger partial charge in [-0.25, -0.2) is 0 Å². The van der Waals surface area contributed by atoms with Crippen LogP contribution in [0, 0.1) is 11.3 Å². The maximum absolute atomic E-state index is 12.5. The van der Waals surface area contributed by atoms with Gasteiger partial charge >= 0.3 is 0 Å². The van der Waals surface area contributed by atoms with E-state index in [0.717, 1.165) is 24.9 Å². The normalized spacial score (nSPS) is 18.5. The van der Waals surface area contributed by atoms with E-state index < -0.39 is 0 Å². The fraction of sp³-hybridized carbons (Fsp3) is 0.529. The highest BCUT2D eigenvalue weighted by Gasteiger charge is 2.24. The van der Waals surface area contributed by atoms with Gasteiger partial charge in [0, 0.05) is 19.1 Å². The number of nitriles is 1. The summed E-state index contributed by atoms with van der Waals surface area (Å²) in [5, 5.41) is 8.97. The van der Waals surface area contributed by atoms with Crippen LogP contribution in [0.15, 0.2) is 30.3 Å². The number of nitrogens with zero attached hydrogens (tertiary/aromatic N) is 3. The van der Waals surface area contributed by atoms with Crippen molar-refractivity contribution in [2.24, 2.45) is 0 Å². The molecule has 0 aromatic heterocycles. The van der Waals surface area contributed by atoms with E-state index >= 15 is 0 Å². The molecule has 1 heterocycles. The van der Waals surface area contributed by atoms with Gasteiger partial charge < -0.3 is 4.90 Å². The highest BCUT2D eigenvalue weighted by atomic mass is 16.2. The molecule has 1 amide bonds. The van der Waals surface area contributed by atoms with Crippen LogP contribution in [0.25, 0.3) is 0 Å². The van der Waals surface area contributed by atoms with Crippen molar-refractivity contribution in [3.05, 3.63) is 35.9 Å². The van der Waals surface area contributed by atoms with E-state index in [1.807, 2.05) is 40.1 Å². The monoisotopic (exact) mass is 285 g/mol. The molecular weight excluding hydrogens is 262 g/mol. The van der Waals surface area contributed by atoms with E-state index in [-0.39, 0.29) is 12.5 Å². The van der Waals surface area contributed by atoms with Gasteiger partial charge in [-0.3, -0.25) is 9.69 Å². The lowest BCUT2D eigenvalue weighted by Gasteiger charge is -2.34. The summed E-state index contributed by atoms with van der Waals surface area (Å²) in [5.41, 5.74) is 1.13. The molecule has 0 spiro atoms. The minimum atomic E-state index is 0.147. The number of benzene rings is 1. The molecule has 1 atom stereocenters. The Morgan fingerprint density at radius 2 is 2.14 bits per heavy atom. The van der Waals surface area contributed by atoms with Crippen molar-refractivity contribution in [1.29, 1.82) is 5.26 Å². The summed E-state index contributed by atoms with van der Waals surface area (Å²) in [4.78, 5) is 16.3. The molecule has 2 rings (SSSR count). The van der Waals surface area contributed by atoms with Gasteiger partial charge in [-0.2, -0.15) is 5.26 Å². The van der Waals surface area contributed by atoms with E-state index in [4.69, 9.17) is 5.26 Å². The second-order valence-electron chi connectivity index (χ2n) is 5.72. The lowest BCUT2D eigenvalue weighted by Crippen LogP contribution is -2.46. The molecule has 4 nitrogen and oxygen atoms in total. The Labute approximate surface area is 127 Å². The number of carbonyl (C=O) groups is 1. The molecule has 4 heteroatoms. The van der Waals surface area contributed by atoms with Gasteiger partial charge in [0.05, 0.1) is 19.2 Å². The van der Waals surface area contributed by atoms with Gasteiger partial charge in [-0.1, -0.05) is 30.3 Å². The Balaban J connectivity index is 1.95. The van der Waals surface area contributed by atoms with Crippen molar-refractivity contribution >= 4 is 5.91 Å². The zero-order valence-corrected chi connectivity index (χ0v) is 12.7. The van der Waals surface area contributed by atoms with Gasteiger partial charge in [-0.15, -0.1) is 0 Å². The molecule has 0 bridgehead atoms. The van der Waals surface area contributed by atoms with Gasteiger partial charge in [0.15, 0.2) is 0 Å². The number of carbonyl (C=O) groups excluding carboxylic acids is 1. The Kier molecular flexibility index (Phi) is 5.77. The smallest absolute Gasteiger partial charge is 0.237 e. The maximum Gasteiger partial charge on any atom is 0.237 e. The van der Waals surface area contributed by atoms with Crippen molar-refractivity contribution in [3.63, 3.8) is 0 Å². The molecule has 0 aliphatic carbocycles. The lowest BCUT2D eigenvalue weighted by atomic mass is 10.0. The summed E-state index contributed by atoms with van der Waals surface area (Å²) >= 11 is 0. The van der Waals surface area contributed by atoms with Crippen LogP contribution in [0.2, 0.25) is 0 Å². The van der Waals surface area contributed by atoms with Crippen LogP contribution >= 0.6 is 0 Å². The van der Waals surface area contributed by atoms with Crippen molar-refractivity contribution in [2.45, 2.75) is 38.8 Å². The number of piperidine rings is 1. The van der Waals surface area contributed by atoms with Crippen LogP contribution < -0.4 is 0 Å². The number of rotatable bonds is 5. The van der Waals surface area contributed by atoms with Gasteiger partial charge in [0.25, 0.3) is 0 Å². The Hall–Kier alpha value is -1.86. The molecule has 0 radical (unpaired) electrons. The van der Waals surface area contributed by atoms with Crippen molar-refractivity contribution in [1.82, 2.24) is 9.80 Å². The summed E-state index contributed by atoms with van der Waals surface area (Å²) in [6, 6.07) is 12.5. The summed E-state index contributed by atoms with van der Waals surface area (Å²) in [6.45, 7) is 4.21. The van der Waals surface area contributed by atoms with Crippen LogP contribution in [0.4, 0.5) is 0 Å². The standard InChI is InChI=1S/C17H23N3O/c1-15-7-5-6-11-20(15)17(21)14-19(12-10-18)13-16-8-3-2-4-9-16/h2-4,8-9,15H,5-7,11-14H2,1H3. The minimum absolute atomic E-state index is 0.147. The first-order valence-electron chi connectivity index (χ1n) is 7.63. The summed E-state index contributed by atoms with van der Waals surface area (Å²) in [7, 11) is 0. The average Bonchev–Trinajstić information content (AvgIpc) is 2.49. The van der Waals surface area contributed by atoms with Gasteiger partial charge in [-0.05, 0) is 31.7 Å². The zero-order valence-electron chi connectivity index (χ0n) is 12.7. The van der Waals surface area contributed by atoms with E-state index in [2.05, 4.69) is 13.0 Å². The quantitative estimate of drug-likeness (QED) is 0.781. The maximum atomic E-state index is 12.5. The second-order valence-corrected chi connectivity index (χ2v) is 5.72. The third-order valence-electron chi connectivity index (χ3n) is 4.03. The van der Waals surface area contributed by atoms with Crippen molar-refractivity contribution < 1.29 is 4.79 Å². The van der Waals surface area contributed by atoms with Crippen LogP contribution in [0.1, 0.15) is 31.7 Å². The Morgan fingerprint density at radius 3 is 2.81 bits per heavy atom. The third kappa shape index (κ3) is 4.57. The molecule has 0 saturated carbocycles. The van der Waals surface area contributed by atoms with Crippen molar-refractivity contribution in [2.75, 3.05) is 19.6 Å². The van der Waals surface area contributed by atoms with E-state index in [1.165, 1.54) is 6.42 Å². The predicted octanol–water partition coefficient (Wildman–Crippen LogP) is 2.41. The van der Waals surface area contributed by atoms with E-state index in [9.17, 15) is 4.79 Å². The van der Waals surface area contributed by atoms with Crippen LogP contribution in [0.3, 0.4) is 0 Å². The largest absolute Gasteiger partial charge is 0.339 e. The van der Waals surface area contributed by atoms with E-state index in [0.29, 0.717) is 19.1 Å². The Bertz CT molecular complexity index is 495. The third-order valence-corrected chi connectivity index (χ3v) is 4.03. The second kappa shape index (κ2) is 7.80. The van der Waals surface area contributed by atoms with Crippen molar-refractivity contribution in [3.8, 4) is 6.07 Å². The lowest BCUT2D eigenvalue weighted by molar-refractivity contribution is -0.135. The first-order valence-corrected chi connectivity index (χ1v) is 7.63. The molecule has 1 aromatic carbocycles. The predicted molar refractivity (Wildman–Crippen MR) is 82.4 cm³/mol. The number of likely N-dealkylation sites (tertiary alicyclic amines) is 1. The molecular formula is C17H23N3O. The molecule has 21 heavy (non-hydrogen) atoms. The number of hydrogen-bond donors (Lipinski definition) is 0. The molecule has 1 fully saturated rings. The Morgan fingerprint density at radius 1 is 1.38 bits per heavy atom. The highest BCUT2D eigenvalue weighted by Crippen LogP contribution is 2.17. The SMILES string of the molecule is CC1CCCCN1C(=O)CN(CC#N)Cc1ccccc1. The van der Waals surface area contributed by atoms with Crippen LogP contribution in [-0.2, 0) is 11.3 Å². The number of amides is 1. The topological polar surface area (TPSA) is 47.3 Å². The summed E-state index contributed by atoms with van der Waals surface area (Å²) < 4.78 is 0. The number of hydrogen-bond acceptors (Lipinski definition) is 3. The summed E-state index contributed by atoms with van der Waals surface area (Å²) in [5.74, 6) is 0.147. The fourth-order valence-electron chi connectivity index (χ4n) is 2.86. The van der Waals surface area contributed by atoms with Crippen LogP contribution in [0.5, 0.6) is 0 Å². The zero-order chi connectivity index (χ0) is 15.1. The molecule has 1 aliphatic heterocycles. The molecule has 1 aliphatic rings.